The molecule has 0 bridgehead atoms. The zero-order chi connectivity index (χ0) is 17.4. The molecule has 126 valence electrons. The fourth-order valence-electron chi connectivity index (χ4n) is 3.07. The van der Waals surface area contributed by atoms with Crippen LogP contribution in [0.1, 0.15) is 5.69 Å². The Kier molecular flexibility index (Phi) is 3.86. The molecule has 0 saturated heterocycles. The lowest BCUT2D eigenvalue weighted by Gasteiger charge is -2.31. The summed E-state index contributed by atoms with van der Waals surface area (Å²) in [4.78, 5) is 14.7. The monoisotopic (exact) mass is 353 g/mol. The summed E-state index contributed by atoms with van der Waals surface area (Å²) in [6, 6.07) is 16.7. The molecule has 0 saturated carbocycles. The lowest BCUT2D eigenvalue weighted by Crippen LogP contribution is -2.38. The molecule has 0 fully saturated rings. The van der Waals surface area contributed by atoms with Crippen molar-refractivity contribution >= 4 is 29.0 Å². The molecular formula is C19H16ClN3O2. The second kappa shape index (κ2) is 6.18. The minimum Gasteiger partial charge on any atom is -0.495 e. The van der Waals surface area contributed by atoms with Gasteiger partial charge in [0, 0.05) is 16.9 Å². The van der Waals surface area contributed by atoms with Crippen molar-refractivity contribution < 1.29 is 9.53 Å². The van der Waals surface area contributed by atoms with Gasteiger partial charge in [0.25, 0.3) is 0 Å². The summed E-state index contributed by atoms with van der Waals surface area (Å²) in [5.74, 6) is 0.561. The van der Waals surface area contributed by atoms with E-state index in [-0.39, 0.29) is 6.03 Å². The minimum absolute atomic E-state index is 0.236. The van der Waals surface area contributed by atoms with Gasteiger partial charge < -0.3 is 14.6 Å². The van der Waals surface area contributed by atoms with Gasteiger partial charge in [-0.1, -0.05) is 23.7 Å². The first kappa shape index (κ1) is 15.6. The first-order valence-electron chi connectivity index (χ1n) is 7.85. The number of ether oxygens (including phenoxy) is 1. The van der Waals surface area contributed by atoms with Crippen LogP contribution in [0.2, 0.25) is 5.02 Å². The second-order valence-corrected chi connectivity index (χ2v) is 6.16. The van der Waals surface area contributed by atoms with E-state index in [1.807, 2.05) is 42.6 Å². The largest absolute Gasteiger partial charge is 0.495 e. The summed E-state index contributed by atoms with van der Waals surface area (Å²) in [7, 11) is 1.56. The van der Waals surface area contributed by atoms with Crippen LogP contribution in [0.15, 0.2) is 60.8 Å². The van der Waals surface area contributed by atoms with E-state index in [2.05, 4.69) is 9.88 Å². The number of urea groups is 1. The number of hydrogen-bond acceptors (Lipinski definition) is 2. The van der Waals surface area contributed by atoms with Crippen LogP contribution in [0.25, 0.3) is 5.69 Å². The number of methoxy groups -OCH3 is 1. The Morgan fingerprint density at radius 2 is 1.92 bits per heavy atom. The van der Waals surface area contributed by atoms with Crippen LogP contribution in [0.4, 0.5) is 16.2 Å². The van der Waals surface area contributed by atoms with Gasteiger partial charge in [-0.05, 0) is 42.5 Å². The summed E-state index contributed by atoms with van der Waals surface area (Å²) in [6.07, 6.45) is 2.00. The number of para-hydroxylation sites is 2. The van der Waals surface area contributed by atoms with Gasteiger partial charge >= 0.3 is 6.03 Å². The highest BCUT2D eigenvalue weighted by molar-refractivity contribution is 6.31. The predicted octanol–water partition coefficient (Wildman–Crippen LogP) is 4.69. The number of halogens is 1. The van der Waals surface area contributed by atoms with Gasteiger partial charge in [0.05, 0.1) is 30.7 Å². The van der Waals surface area contributed by atoms with Crippen LogP contribution in [0.3, 0.4) is 0 Å². The lowest BCUT2D eigenvalue weighted by atomic mass is 10.2. The number of fused-ring (bicyclic) bond motifs is 3. The standard InChI is InChI=1S/C19H16ClN3O2/c1-25-18-9-8-13(20)11-15(18)21-19(24)23-12-14-5-4-10-22(14)16-6-2-3-7-17(16)23/h2-11H,12H2,1H3,(H,21,24). The van der Waals surface area contributed by atoms with E-state index >= 15 is 0 Å². The van der Waals surface area contributed by atoms with E-state index in [4.69, 9.17) is 16.3 Å². The Balaban J connectivity index is 1.69. The van der Waals surface area contributed by atoms with Crippen molar-refractivity contribution in [3.63, 3.8) is 0 Å². The number of aromatic nitrogens is 1. The van der Waals surface area contributed by atoms with Crippen LogP contribution in [0.5, 0.6) is 5.75 Å². The number of carbonyl (C=O) groups is 1. The van der Waals surface area contributed by atoms with E-state index in [9.17, 15) is 4.79 Å². The predicted molar refractivity (Wildman–Crippen MR) is 99.0 cm³/mol. The number of nitrogens with one attached hydrogen (secondary N) is 1. The third kappa shape index (κ3) is 2.72. The van der Waals surface area contributed by atoms with Gasteiger partial charge in [-0.25, -0.2) is 4.79 Å². The first-order chi connectivity index (χ1) is 12.2. The highest BCUT2D eigenvalue weighted by Gasteiger charge is 2.26. The lowest BCUT2D eigenvalue weighted by molar-refractivity contribution is 0.256. The number of nitrogens with zero attached hydrogens (tertiary/aromatic N) is 2. The molecule has 2 heterocycles. The van der Waals surface area contributed by atoms with Gasteiger partial charge in [-0.3, -0.25) is 4.90 Å². The number of amides is 2. The van der Waals surface area contributed by atoms with E-state index in [1.54, 1.807) is 30.2 Å². The molecule has 0 aliphatic carbocycles. The molecule has 25 heavy (non-hydrogen) atoms. The quantitative estimate of drug-likeness (QED) is 0.726. The first-order valence-corrected chi connectivity index (χ1v) is 8.23. The normalized spacial score (nSPS) is 12.3. The molecule has 1 aliphatic rings. The van der Waals surface area contributed by atoms with Crippen molar-refractivity contribution in [3.8, 4) is 11.4 Å². The molecule has 0 unspecified atom stereocenters. The highest BCUT2D eigenvalue weighted by Crippen LogP contribution is 2.34. The molecular weight excluding hydrogens is 338 g/mol. The van der Waals surface area contributed by atoms with Gasteiger partial charge in [0.15, 0.2) is 0 Å². The fraction of sp³-hybridized carbons (Fsp3) is 0.105. The maximum absolute atomic E-state index is 12.9. The Labute approximate surface area is 150 Å². The maximum atomic E-state index is 12.9. The Morgan fingerprint density at radius 3 is 2.72 bits per heavy atom. The third-order valence-corrected chi connectivity index (χ3v) is 4.47. The number of anilines is 2. The molecule has 1 aromatic heterocycles. The van der Waals surface area contributed by atoms with E-state index < -0.39 is 0 Å². The zero-order valence-electron chi connectivity index (χ0n) is 13.6. The van der Waals surface area contributed by atoms with Gasteiger partial charge in [0.2, 0.25) is 0 Å². The minimum atomic E-state index is -0.236. The van der Waals surface area contributed by atoms with E-state index in [0.717, 1.165) is 17.1 Å². The number of hydrogen-bond donors (Lipinski definition) is 1. The maximum Gasteiger partial charge on any atom is 0.326 e. The van der Waals surface area contributed by atoms with Crippen LogP contribution in [0, 0.1) is 0 Å². The average Bonchev–Trinajstić information content (AvgIpc) is 3.10. The van der Waals surface area contributed by atoms with Crippen molar-refractivity contribution in [3.05, 3.63) is 71.5 Å². The molecule has 5 nitrogen and oxygen atoms in total. The summed E-state index contributed by atoms with van der Waals surface area (Å²) >= 11 is 6.05. The Morgan fingerprint density at radius 1 is 1.12 bits per heavy atom. The Hall–Kier alpha value is -2.92. The van der Waals surface area contributed by atoms with Crippen molar-refractivity contribution in [2.24, 2.45) is 0 Å². The van der Waals surface area contributed by atoms with Crippen LogP contribution >= 0.6 is 11.6 Å². The Bertz CT molecular complexity index is 951. The molecule has 0 radical (unpaired) electrons. The van der Waals surface area contributed by atoms with Crippen LogP contribution < -0.4 is 15.0 Å². The van der Waals surface area contributed by atoms with Crippen molar-refractivity contribution in [2.45, 2.75) is 6.54 Å². The molecule has 0 atom stereocenters. The number of benzene rings is 2. The third-order valence-electron chi connectivity index (χ3n) is 4.23. The van der Waals surface area contributed by atoms with Gasteiger partial charge in [0.1, 0.15) is 5.75 Å². The SMILES string of the molecule is COc1ccc(Cl)cc1NC(=O)N1Cc2cccn2-c2ccccc21. The molecule has 2 amide bonds. The van der Waals surface area contributed by atoms with Crippen LogP contribution in [-0.4, -0.2) is 17.7 Å². The summed E-state index contributed by atoms with van der Waals surface area (Å²) < 4.78 is 7.40. The van der Waals surface area contributed by atoms with Crippen molar-refractivity contribution in [2.75, 3.05) is 17.3 Å². The van der Waals surface area contributed by atoms with Crippen molar-refractivity contribution in [1.29, 1.82) is 0 Å². The topological polar surface area (TPSA) is 46.5 Å². The van der Waals surface area contributed by atoms with Gasteiger partial charge in [-0.15, -0.1) is 0 Å². The molecule has 1 aliphatic heterocycles. The summed E-state index contributed by atoms with van der Waals surface area (Å²) in [6.45, 7) is 0.485. The highest BCUT2D eigenvalue weighted by atomic mass is 35.5. The van der Waals surface area contributed by atoms with E-state index in [0.29, 0.717) is 23.0 Å². The van der Waals surface area contributed by atoms with Crippen molar-refractivity contribution in [1.82, 2.24) is 4.57 Å². The molecule has 4 rings (SSSR count). The molecule has 0 spiro atoms. The van der Waals surface area contributed by atoms with Crippen LogP contribution in [-0.2, 0) is 6.54 Å². The smallest absolute Gasteiger partial charge is 0.326 e. The molecule has 6 heteroatoms. The second-order valence-electron chi connectivity index (χ2n) is 5.72. The number of carbonyl (C=O) groups excluding carboxylic acids is 1. The average molecular weight is 354 g/mol. The molecule has 1 N–H and O–H groups in total. The number of rotatable bonds is 2. The summed E-state index contributed by atoms with van der Waals surface area (Å²) in [5.41, 5.74) is 3.41. The van der Waals surface area contributed by atoms with Gasteiger partial charge in [-0.2, -0.15) is 0 Å². The fourth-order valence-corrected chi connectivity index (χ4v) is 3.24. The zero-order valence-corrected chi connectivity index (χ0v) is 14.3. The summed E-state index contributed by atoms with van der Waals surface area (Å²) in [5, 5.41) is 3.44. The van der Waals surface area contributed by atoms with E-state index in [1.165, 1.54) is 0 Å². The molecule has 2 aromatic carbocycles. The molecule has 3 aromatic rings.